The molecular weight excluding hydrogens is 244 g/mol. The molecule has 96 valence electrons. The Kier molecular flexibility index (Phi) is 3.14. The number of aromatic amines is 1. The van der Waals surface area contributed by atoms with Crippen molar-refractivity contribution in [1.29, 1.82) is 0 Å². The molecule has 0 fully saturated rings. The average Bonchev–Trinajstić information content (AvgIpc) is 2.69. The number of carbonyl (C=O) groups is 1. The summed E-state index contributed by atoms with van der Waals surface area (Å²) < 4.78 is 26.0. The van der Waals surface area contributed by atoms with E-state index in [0.717, 1.165) is 12.1 Å². The minimum Gasteiger partial charge on any atom is -0.481 e. The molecule has 0 aliphatic rings. The number of aromatic nitrogens is 2. The zero-order valence-electron chi connectivity index (χ0n) is 9.57. The number of carboxylic acid groups (broad SMARTS) is 1. The highest BCUT2D eigenvalue weighted by Crippen LogP contribution is 2.19. The summed E-state index contributed by atoms with van der Waals surface area (Å²) in [6.45, 7) is 0.250. The van der Waals surface area contributed by atoms with Crippen molar-refractivity contribution >= 4 is 23.0 Å². The van der Waals surface area contributed by atoms with Gasteiger partial charge in [0.1, 0.15) is 0 Å². The van der Waals surface area contributed by atoms with Crippen LogP contribution in [0.25, 0.3) is 11.0 Å². The van der Waals surface area contributed by atoms with Gasteiger partial charge >= 0.3 is 5.97 Å². The van der Waals surface area contributed by atoms with Gasteiger partial charge in [0.25, 0.3) is 0 Å². The molecule has 0 atom stereocenters. The normalized spacial score (nSPS) is 10.8. The van der Waals surface area contributed by atoms with Crippen LogP contribution < -0.4 is 4.90 Å². The van der Waals surface area contributed by atoms with Crippen molar-refractivity contribution in [2.75, 3.05) is 18.5 Å². The second-order valence-corrected chi connectivity index (χ2v) is 3.91. The lowest BCUT2D eigenvalue weighted by atomic mass is 10.3. The van der Waals surface area contributed by atoms with E-state index in [4.69, 9.17) is 5.11 Å². The minimum absolute atomic E-state index is 0.0454. The van der Waals surface area contributed by atoms with Gasteiger partial charge in [0, 0.05) is 25.7 Å². The Bertz CT molecular complexity index is 558. The number of hydrogen-bond donors (Lipinski definition) is 2. The molecule has 0 radical (unpaired) electrons. The Morgan fingerprint density at radius 3 is 2.78 bits per heavy atom. The van der Waals surface area contributed by atoms with Crippen LogP contribution in [-0.2, 0) is 4.79 Å². The Hall–Kier alpha value is -2.18. The SMILES string of the molecule is CN(CCC(=O)O)c1nc2cc(F)c(F)cc2[nH]1. The van der Waals surface area contributed by atoms with Crippen molar-refractivity contribution in [2.45, 2.75) is 6.42 Å². The molecule has 18 heavy (non-hydrogen) atoms. The maximum Gasteiger partial charge on any atom is 0.305 e. The fourth-order valence-electron chi connectivity index (χ4n) is 1.54. The van der Waals surface area contributed by atoms with Crippen molar-refractivity contribution in [3.8, 4) is 0 Å². The highest BCUT2D eigenvalue weighted by molar-refractivity contribution is 5.77. The Morgan fingerprint density at radius 2 is 2.11 bits per heavy atom. The zero-order valence-corrected chi connectivity index (χ0v) is 9.57. The Morgan fingerprint density at radius 1 is 1.44 bits per heavy atom. The van der Waals surface area contributed by atoms with E-state index in [2.05, 4.69) is 9.97 Å². The van der Waals surface area contributed by atoms with E-state index in [1.165, 1.54) is 0 Å². The molecular formula is C11H11F2N3O2. The molecule has 5 nitrogen and oxygen atoms in total. The van der Waals surface area contributed by atoms with Crippen LogP contribution in [0.5, 0.6) is 0 Å². The van der Waals surface area contributed by atoms with Gasteiger partial charge in [-0.25, -0.2) is 13.8 Å². The van der Waals surface area contributed by atoms with E-state index in [9.17, 15) is 13.6 Å². The number of H-pyrrole nitrogens is 1. The lowest BCUT2D eigenvalue weighted by Gasteiger charge is -2.13. The molecule has 0 spiro atoms. The maximum absolute atomic E-state index is 13.0. The molecule has 2 aromatic rings. The Labute approximate surface area is 101 Å². The number of nitrogens with zero attached hydrogens (tertiary/aromatic N) is 2. The third-order valence-corrected chi connectivity index (χ3v) is 2.53. The number of rotatable bonds is 4. The summed E-state index contributed by atoms with van der Waals surface area (Å²) in [4.78, 5) is 18.9. The fourth-order valence-corrected chi connectivity index (χ4v) is 1.54. The molecule has 0 amide bonds. The third-order valence-electron chi connectivity index (χ3n) is 2.53. The summed E-state index contributed by atoms with van der Waals surface area (Å²) in [5, 5.41) is 8.57. The smallest absolute Gasteiger partial charge is 0.305 e. The molecule has 2 rings (SSSR count). The van der Waals surface area contributed by atoms with Crippen LogP contribution >= 0.6 is 0 Å². The van der Waals surface area contributed by atoms with Crippen LogP contribution in [0, 0.1) is 11.6 Å². The monoisotopic (exact) mass is 255 g/mol. The van der Waals surface area contributed by atoms with Gasteiger partial charge in [-0.05, 0) is 0 Å². The van der Waals surface area contributed by atoms with Gasteiger partial charge in [-0.15, -0.1) is 0 Å². The van der Waals surface area contributed by atoms with E-state index in [1.54, 1.807) is 11.9 Å². The lowest BCUT2D eigenvalue weighted by molar-refractivity contribution is -0.136. The summed E-state index contributed by atoms with van der Waals surface area (Å²) >= 11 is 0. The number of fused-ring (bicyclic) bond motifs is 1. The number of benzene rings is 1. The van der Waals surface area contributed by atoms with Crippen LogP contribution in [0.4, 0.5) is 14.7 Å². The number of hydrogen-bond acceptors (Lipinski definition) is 3. The minimum atomic E-state index is -0.964. The van der Waals surface area contributed by atoms with Crippen molar-refractivity contribution < 1.29 is 18.7 Å². The van der Waals surface area contributed by atoms with Gasteiger partial charge < -0.3 is 15.0 Å². The van der Waals surface area contributed by atoms with E-state index in [1.807, 2.05) is 0 Å². The number of nitrogens with one attached hydrogen (secondary N) is 1. The summed E-state index contributed by atoms with van der Waals surface area (Å²) in [6, 6.07) is 2.02. The first kappa shape index (κ1) is 12.3. The van der Waals surface area contributed by atoms with Crippen LogP contribution in [0.15, 0.2) is 12.1 Å². The number of imidazole rings is 1. The van der Waals surface area contributed by atoms with Crippen molar-refractivity contribution in [3.63, 3.8) is 0 Å². The summed E-state index contributed by atoms with van der Waals surface area (Å²) in [7, 11) is 1.65. The van der Waals surface area contributed by atoms with E-state index >= 15 is 0 Å². The van der Waals surface area contributed by atoms with Gasteiger partial charge in [0.2, 0.25) is 5.95 Å². The maximum atomic E-state index is 13.0. The van der Waals surface area contributed by atoms with Crippen molar-refractivity contribution in [1.82, 2.24) is 9.97 Å². The first-order valence-electron chi connectivity index (χ1n) is 5.25. The van der Waals surface area contributed by atoms with E-state index in [-0.39, 0.29) is 13.0 Å². The summed E-state index contributed by atoms with van der Waals surface area (Å²) in [6.07, 6.45) is -0.0454. The predicted molar refractivity (Wildman–Crippen MR) is 61.5 cm³/mol. The summed E-state index contributed by atoms with van der Waals surface area (Å²) in [5.41, 5.74) is 0.664. The molecule has 0 unspecified atom stereocenters. The first-order chi connectivity index (χ1) is 8.47. The molecule has 2 N–H and O–H groups in total. The second kappa shape index (κ2) is 4.59. The molecule has 0 aliphatic carbocycles. The molecule has 1 heterocycles. The highest BCUT2D eigenvalue weighted by atomic mass is 19.2. The van der Waals surface area contributed by atoms with Gasteiger partial charge in [-0.2, -0.15) is 0 Å². The third kappa shape index (κ3) is 2.39. The van der Waals surface area contributed by atoms with Crippen molar-refractivity contribution in [3.05, 3.63) is 23.8 Å². The van der Waals surface area contributed by atoms with Crippen LogP contribution in [0.2, 0.25) is 0 Å². The number of aliphatic carboxylic acids is 1. The standard InChI is InChI=1S/C11H11F2N3O2/c1-16(3-2-10(17)18)11-14-8-4-6(12)7(13)5-9(8)15-11/h4-5H,2-3H2,1H3,(H,14,15)(H,17,18). The molecule has 1 aromatic heterocycles. The fraction of sp³-hybridized carbons (Fsp3) is 0.273. The Balaban J connectivity index is 2.26. The van der Waals surface area contributed by atoms with Gasteiger partial charge in [0.05, 0.1) is 17.5 Å². The summed E-state index contributed by atoms with van der Waals surface area (Å²) in [5.74, 6) is -2.47. The molecule has 0 saturated heterocycles. The largest absolute Gasteiger partial charge is 0.481 e. The van der Waals surface area contributed by atoms with Crippen LogP contribution in [0.1, 0.15) is 6.42 Å². The molecule has 0 aliphatic heterocycles. The highest BCUT2D eigenvalue weighted by Gasteiger charge is 2.11. The zero-order chi connectivity index (χ0) is 13.3. The first-order valence-corrected chi connectivity index (χ1v) is 5.25. The predicted octanol–water partition coefficient (Wildman–Crippen LogP) is 1.75. The van der Waals surface area contributed by atoms with Crippen LogP contribution in [-0.4, -0.2) is 34.6 Å². The molecule has 0 saturated carbocycles. The van der Waals surface area contributed by atoms with E-state index in [0.29, 0.717) is 17.0 Å². The topological polar surface area (TPSA) is 69.2 Å². The van der Waals surface area contributed by atoms with Gasteiger partial charge in [0.15, 0.2) is 11.6 Å². The molecule has 0 bridgehead atoms. The number of halogens is 2. The lowest BCUT2D eigenvalue weighted by Crippen LogP contribution is -2.21. The average molecular weight is 255 g/mol. The van der Waals surface area contributed by atoms with Gasteiger partial charge in [-0.1, -0.05) is 0 Å². The van der Waals surface area contributed by atoms with Crippen LogP contribution in [0.3, 0.4) is 0 Å². The van der Waals surface area contributed by atoms with Crippen molar-refractivity contribution in [2.24, 2.45) is 0 Å². The van der Waals surface area contributed by atoms with Gasteiger partial charge in [-0.3, -0.25) is 4.79 Å². The quantitative estimate of drug-likeness (QED) is 0.873. The van der Waals surface area contributed by atoms with E-state index < -0.39 is 17.6 Å². The second-order valence-electron chi connectivity index (χ2n) is 3.91. The number of anilines is 1. The number of carboxylic acids is 1. The molecule has 1 aromatic carbocycles. The molecule has 7 heteroatoms.